The third-order valence-electron chi connectivity index (χ3n) is 1.87. The molecular formula is C10H20O2. The average Bonchev–Trinajstić information content (AvgIpc) is 1.83. The Hall–Kier alpha value is -0.530. The Balaban J connectivity index is 4.13. The molecule has 72 valence electrons. The lowest BCUT2D eigenvalue weighted by Crippen LogP contribution is -2.30. The minimum Gasteiger partial charge on any atom is -0.464 e. The van der Waals surface area contributed by atoms with E-state index in [1.54, 1.807) is 0 Å². The second-order valence-corrected chi connectivity index (χ2v) is 4.72. The van der Waals surface area contributed by atoms with Gasteiger partial charge in [0.25, 0.3) is 6.47 Å². The number of hydrogen-bond donors (Lipinski definition) is 0. The molecule has 12 heavy (non-hydrogen) atoms. The zero-order valence-corrected chi connectivity index (χ0v) is 8.76. The van der Waals surface area contributed by atoms with E-state index >= 15 is 0 Å². The maximum atomic E-state index is 10.2. The first-order valence-electron chi connectivity index (χ1n) is 4.47. The molecule has 0 saturated carbocycles. The van der Waals surface area contributed by atoms with Crippen molar-refractivity contribution in [2.24, 2.45) is 11.3 Å². The fraction of sp³-hybridized carbons (Fsp3) is 0.900. The van der Waals surface area contributed by atoms with Gasteiger partial charge in [0.15, 0.2) is 0 Å². The number of carbonyl (C=O) groups is 1. The van der Waals surface area contributed by atoms with Crippen LogP contribution in [-0.2, 0) is 9.53 Å². The predicted octanol–water partition coefficient (Wildman–Crippen LogP) is 2.62. The molecular weight excluding hydrogens is 152 g/mol. The normalized spacial score (nSPS) is 14.5. The van der Waals surface area contributed by atoms with Crippen molar-refractivity contribution < 1.29 is 9.53 Å². The summed E-state index contributed by atoms with van der Waals surface area (Å²) < 4.78 is 5.04. The maximum Gasteiger partial charge on any atom is 0.293 e. The van der Waals surface area contributed by atoms with Gasteiger partial charge < -0.3 is 4.74 Å². The highest BCUT2D eigenvalue weighted by Gasteiger charge is 2.26. The summed E-state index contributed by atoms with van der Waals surface area (Å²) in [6.07, 6.45) is 0.970. The lowest BCUT2D eigenvalue weighted by molar-refractivity contribution is -0.139. The van der Waals surface area contributed by atoms with Crippen LogP contribution in [0.2, 0.25) is 0 Å². The Bertz CT molecular complexity index is 133. The molecule has 0 rings (SSSR count). The highest BCUT2D eigenvalue weighted by Crippen LogP contribution is 2.26. The van der Waals surface area contributed by atoms with Crippen molar-refractivity contribution in [2.45, 2.75) is 47.1 Å². The Labute approximate surface area is 75.3 Å². The third-order valence-corrected chi connectivity index (χ3v) is 1.87. The van der Waals surface area contributed by atoms with E-state index in [4.69, 9.17) is 4.74 Å². The molecule has 0 aliphatic rings. The van der Waals surface area contributed by atoms with Gasteiger partial charge in [-0.25, -0.2) is 0 Å². The summed E-state index contributed by atoms with van der Waals surface area (Å²) in [6, 6.07) is 0. The van der Waals surface area contributed by atoms with Gasteiger partial charge in [-0.1, -0.05) is 34.6 Å². The first-order chi connectivity index (χ1) is 5.38. The summed E-state index contributed by atoms with van der Waals surface area (Å²) in [5.74, 6) is 0.564. The monoisotopic (exact) mass is 172 g/mol. The van der Waals surface area contributed by atoms with E-state index in [0.717, 1.165) is 6.42 Å². The standard InChI is InChI=1S/C10H20O2/c1-8(2)6-9(12-7-11)10(3,4)5/h7-9H,6H2,1-5H3. The Kier molecular flexibility index (Phi) is 4.29. The fourth-order valence-electron chi connectivity index (χ4n) is 1.11. The topological polar surface area (TPSA) is 26.3 Å². The van der Waals surface area contributed by atoms with Crippen LogP contribution >= 0.6 is 0 Å². The van der Waals surface area contributed by atoms with Crippen LogP contribution in [0.25, 0.3) is 0 Å². The highest BCUT2D eigenvalue weighted by atomic mass is 16.5. The average molecular weight is 172 g/mol. The van der Waals surface area contributed by atoms with Crippen LogP contribution in [0.3, 0.4) is 0 Å². The molecule has 2 heteroatoms. The van der Waals surface area contributed by atoms with Crippen LogP contribution in [0.4, 0.5) is 0 Å². The molecule has 0 N–H and O–H groups in total. The Morgan fingerprint density at radius 2 is 1.83 bits per heavy atom. The van der Waals surface area contributed by atoms with Gasteiger partial charge in [-0.3, -0.25) is 4.79 Å². The van der Waals surface area contributed by atoms with Crippen LogP contribution in [0.15, 0.2) is 0 Å². The number of carbonyl (C=O) groups excluding carboxylic acids is 1. The number of ether oxygens (including phenoxy) is 1. The molecule has 0 fully saturated rings. The highest BCUT2D eigenvalue weighted by molar-refractivity contribution is 5.37. The van der Waals surface area contributed by atoms with Gasteiger partial charge >= 0.3 is 0 Å². The van der Waals surface area contributed by atoms with Crippen LogP contribution < -0.4 is 0 Å². The number of rotatable bonds is 4. The second kappa shape index (κ2) is 4.48. The molecule has 1 atom stereocenters. The molecule has 0 spiro atoms. The summed E-state index contributed by atoms with van der Waals surface area (Å²) >= 11 is 0. The predicted molar refractivity (Wildman–Crippen MR) is 49.8 cm³/mol. The van der Waals surface area contributed by atoms with Crippen molar-refractivity contribution in [3.05, 3.63) is 0 Å². The van der Waals surface area contributed by atoms with Gasteiger partial charge in [0.1, 0.15) is 6.10 Å². The summed E-state index contributed by atoms with van der Waals surface area (Å²) in [5.41, 5.74) is 0.0468. The maximum absolute atomic E-state index is 10.2. The molecule has 0 heterocycles. The zero-order valence-electron chi connectivity index (χ0n) is 8.76. The van der Waals surface area contributed by atoms with Crippen molar-refractivity contribution >= 4 is 6.47 Å². The quantitative estimate of drug-likeness (QED) is 0.609. The molecule has 0 aromatic heterocycles. The van der Waals surface area contributed by atoms with Gasteiger partial charge in [-0.15, -0.1) is 0 Å². The molecule has 0 bridgehead atoms. The van der Waals surface area contributed by atoms with Crippen molar-refractivity contribution in [3.63, 3.8) is 0 Å². The van der Waals surface area contributed by atoms with E-state index < -0.39 is 0 Å². The fourth-order valence-corrected chi connectivity index (χ4v) is 1.11. The largest absolute Gasteiger partial charge is 0.464 e. The summed E-state index contributed by atoms with van der Waals surface area (Å²) in [6.45, 7) is 11.1. The van der Waals surface area contributed by atoms with E-state index in [0.29, 0.717) is 12.4 Å². The SMILES string of the molecule is CC(C)CC(OC=O)C(C)(C)C. The van der Waals surface area contributed by atoms with Crippen LogP contribution in [-0.4, -0.2) is 12.6 Å². The number of hydrogen-bond acceptors (Lipinski definition) is 2. The van der Waals surface area contributed by atoms with Crippen LogP contribution in [0, 0.1) is 11.3 Å². The smallest absolute Gasteiger partial charge is 0.293 e. The van der Waals surface area contributed by atoms with Crippen molar-refractivity contribution in [2.75, 3.05) is 0 Å². The second-order valence-electron chi connectivity index (χ2n) is 4.72. The van der Waals surface area contributed by atoms with Gasteiger partial charge in [-0.05, 0) is 17.8 Å². The van der Waals surface area contributed by atoms with Crippen LogP contribution in [0.5, 0.6) is 0 Å². The van der Waals surface area contributed by atoms with E-state index in [2.05, 4.69) is 34.6 Å². The van der Waals surface area contributed by atoms with Crippen molar-refractivity contribution in [1.82, 2.24) is 0 Å². The molecule has 2 nitrogen and oxygen atoms in total. The molecule has 0 amide bonds. The molecule has 0 aromatic carbocycles. The third kappa shape index (κ3) is 4.37. The van der Waals surface area contributed by atoms with E-state index in [1.807, 2.05) is 0 Å². The lowest BCUT2D eigenvalue weighted by Gasteiger charge is -2.30. The van der Waals surface area contributed by atoms with Crippen molar-refractivity contribution in [1.29, 1.82) is 0 Å². The summed E-state index contributed by atoms with van der Waals surface area (Å²) in [5, 5.41) is 0. The Morgan fingerprint density at radius 3 is 2.08 bits per heavy atom. The molecule has 0 aromatic rings. The summed E-state index contributed by atoms with van der Waals surface area (Å²) in [7, 11) is 0. The van der Waals surface area contributed by atoms with Crippen molar-refractivity contribution in [3.8, 4) is 0 Å². The zero-order chi connectivity index (χ0) is 9.78. The molecule has 0 aliphatic carbocycles. The minimum atomic E-state index is 0.0370. The van der Waals surface area contributed by atoms with Crippen LogP contribution in [0.1, 0.15) is 41.0 Å². The first kappa shape index (κ1) is 11.5. The van der Waals surface area contributed by atoms with Gasteiger partial charge in [0, 0.05) is 0 Å². The van der Waals surface area contributed by atoms with E-state index in [-0.39, 0.29) is 11.5 Å². The molecule has 0 radical (unpaired) electrons. The molecule has 0 saturated heterocycles. The van der Waals surface area contributed by atoms with E-state index in [9.17, 15) is 4.79 Å². The van der Waals surface area contributed by atoms with Gasteiger partial charge in [0.05, 0.1) is 0 Å². The Morgan fingerprint density at radius 1 is 1.33 bits per heavy atom. The molecule has 1 unspecified atom stereocenters. The minimum absolute atomic E-state index is 0.0370. The summed E-state index contributed by atoms with van der Waals surface area (Å²) in [4.78, 5) is 10.2. The van der Waals surface area contributed by atoms with E-state index in [1.165, 1.54) is 0 Å². The van der Waals surface area contributed by atoms with Gasteiger partial charge in [-0.2, -0.15) is 0 Å². The molecule has 0 aliphatic heterocycles. The lowest BCUT2D eigenvalue weighted by atomic mass is 9.84. The first-order valence-corrected chi connectivity index (χ1v) is 4.47. The van der Waals surface area contributed by atoms with Gasteiger partial charge in [0.2, 0.25) is 0 Å².